The number of carbonyl (C=O) groups is 1. The quantitative estimate of drug-likeness (QED) is 0.569. The highest BCUT2D eigenvalue weighted by Gasteiger charge is 2.29. The van der Waals surface area contributed by atoms with E-state index in [1.54, 1.807) is 16.8 Å². The Balaban J connectivity index is 2.69. The number of rotatable bonds is 2. The summed E-state index contributed by atoms with van der Waals surface area (Å²) in [5.74, 6) is -0.795. The van der Waals surface area contributed by atoms with Crippen LogP contribution in [0.4, 0.5) is 4.39 Å². The number of esters is 1. The molecule has 21 heavy (non-hydrogen) atoms. The Kier molecular flexibility index (Phi) is 4.36. The monoisotopic (exact) mass is 402 g/mol. The third-order valence-corrected chi connectivity index (χ3v) is 4.01. The Morgan fingerprint density at radius 2 is 1.86 bits per heavy atom. The SMILES string of the molecule is COC(=O)c1nn(-c2ccc(F)cc2)c(C(C)(C)C)c1I. The largest absolute Gasteiger partial charge is 0.464 e. The molecule has 1 heterocycles. The van der Waals surface area contributed by atoms with Crippen LogP contribution in [-0.2, 0) is 10.2 Å². The van der Waals surface area contributed by atoms with Gasteiger partial charge in [-0.2, -0.15) is 5.10 Å². The van der Waals surface area contributed by atoms with Gasteiger partial charge in [-0.05, 0) is 46.9 Å². The molecule has 1 aromatic carbocycles. The van der Waals surface area contributed by atoms with E-state index in [-0.39, 0.29) is 16.9 Å². The molecule has 0 unspecified atom stereocenters. The maximum absolute atomic E-state index is 13.1. The Bertz CT molecular complexity index is 672. The van der Waals surface area contributed by atoms with Gasteiger partial charge in [0.25, 0.3) is 0 Å². The van der Waals surface area contributed by atoms with Gasteiger partial charge in [0.1, 0.15) is 5.82 Å². The summed E-state index contributed by atoms with van der Waals surface area (Å²) in [6.07, 6.45) is 0. The number of hydrogen-bond donors (Lipinski definition) is 0. The van der Waals surface area contributed by atoms with Crippen molar-refractivity contribution in [1.82, 2.24) is 9.78 Å². The summed E-state index contributed by atoms with van der Waals surface area (Å²) in [6.45, 7) is 6.10. The second-order valence-corrected chi connectivity index (χ2v) is 6.72. The molecular weight excluding hydrogens is 386 g/mol. The van der Waals surface area contributed by atoms with Gasteiger partial charge in [-0.25, -0.2) is 13.9 Å². The summed E-state index contributed by atoms with van der Waals surface area (Å²) in [4.78, 5) is 11.8. The molecule has 0 aliphatic rings. The van der Waals surface area contributed by atoms with Crippen molar-refractivity contribution in [3.63, 3.8) is 0 Å². The Morgan fingerprint density at radius 1 is 1.29 bits per heavy atom. The molecule has 0 N–H and O–H groups in total. The Morgan fingerprint density at radius 3 is 2.33 bits per heavy atom. The van der Waals surface area contributed by atoms with Gasteiger partial charge in [-0.15, -0.1) is 0 Å². The number of hydrogen-bond acceptors (Lipinski definition) is 3. The number of nitrogens with zero attached hydrogens (tertiary/aromatic N) is 2. The van der Waals surface area contributed by atoms with Gasteiger partial charge < -0.3 is 4.74 Å². The second kappa shape index (κ2) is 5.75. The average Bonchev–Trinajstić information content (AvgIpc) is 2.76. The van der Waals surface area contributed by atoms with Crippen molar-refractivity contribution in [2.75, 3.05) is 7.11 Å². The van der Waals surface area contributed by atoms with Crippen molar-refractivity contribution in [1.29, 1.82) is 0 Å². The zero-order valence-electron chi connectivity index (χ0n) is 12.3. The Hall–Kier alpha value is -1.44. The van der Waals surface area contributed by atoms with E-state index in [4.69, 9.17) is 4.74 Å². The van der Waals surface area contributed by atoms with Gasteiger partial charge in [0.15, 0.2) is 5.69 Å². The van der Waals surface area contributed by atoms with Crippen molar-refractivity contribution >= 4 is 28.6 Å². The molecule has 0 radical (unpaired) electrons. The van der Waals surface area contributed by atoms with Crippen molar-refractivity contribution in [2.24, 2.45) is 0 Å². The number of aromatic nitrogens is 2. The van der Waals surface area contributed by atoms with E-state index in [0.29, 0.717) is 5.69 Å². The number of ether oxygens (including phenoxy) is 1. The van der Waals surface area contributed by atoms with Crippen LogP contribution in [0, 0.1) is 9.39 Å². The maximum atomic E-state index is 13.1. The first-order valence-corrected chi connectivity index (χ1v) is 7.47. The lowest BCUT2D eigenvalue weighted by Crippen LogP contribution is -2.18. The molecule has 2 aromatic rings. The lowest BCUT2D eigenvalue weighted by atomic mass is 9.91. The topological polar surface area (TPSA) is 44.1 Å². The highest BCUT2D eigenvalue weighted by molar-refractivity contribution is 14.1. The van der Waals surface area contributed by atoms with E-state index < -0.39 is 5.97 Å². The highest BCUT2D eigenvalue weighted by atomic mass is 127. The van der Waals surface area contributed by atoms with E-state index in [1.165, 1.54) is 19.2 Å². The lowest BCUT2D eigenvalue weighted by Gasteiger charge is -2.21. The van der Waals surface area contributed by atoms with Crippen molar-refractivity contribution in [3.05, 3.63) is 45.0 Å². The van der Waals surface area contributed by atoms with Crippen LogP contribution in [0.3, 0.4) is 0 Å². The molecule has 0 spiro atoms. The van der Waals surface area contributed by atoms with Crippen LogP contribution >= 0.6 is 22.6 Å². The molecule has 6 heteroatoms. The second-order valence-electron chi connectivity index (χ2n) is 5.64. The third kappa shape index (κ3) is 3.09. The van der Waals surface area contributed by atoms with E-state index in [1.807, 2.05) is 20.8 Å². The minimum Gasteiger partial charge on any atom is -0.464 e. The van der Waals surface area contributed by atoms with E-state index in [0.717, 1.165) is 9.26 Å². The lowest BCUT2D eigenvalue weighted by molar-refractivity contribution is 0.0592. The zero-order chi connectivity index (χ0) is 15.8. The van der Waals surface area contributed by atoms with Gasteiger partial charge in [-0.1, -0.05) is 20.8 Å². The van der Waals surface area contributed by atoms with Gasteiger partial charge in [0.2, 0.25) is 0 Å². The molecule has 0 aliphatic heterocycles. The number of benzene rings is 1. The molecule has 0 aliphatic carbocycles. The summed E-state index contributed by atoms with van der Waals surface area (Å²) in [5.41, 5.74) is 1.63. The normalized spacial score (nSPS) is 11.5. The van der Waals surface area contributed by atoms with Crippen LogP contribution in [0.2, 0.25) is 0 Å². The fourth-order valence-corrected chi connectivity index (χ4v) is 3.41. The van der Waals surface area contributed by atoms with Crippen LogP contribution in [0.15, 0.2) is 24.3 Å². The first-order chi connectivity index (χ1) is 9.75. The van der Waals surface area contributed by atoms with Gasteiger partial charge >= 0.3 is 5.97 Å². The van der Waals surface area contributed by atoms with Crippen molar-refractivity contribution in [3.8, 4) is 5.69 Å². The first-order valence-electron chi connectivity index (χ1n) is 6.39. The molecule has 0 bridgehead atoms. The minimum atomic E-state index is -0.481. The van der Waals surface area contributed by atoms with E-state index >= 15 is 0 Å². The fraction of sp³-hybridized carbons (Fsp3) is 0.333. The minimum absolute atomic E-state index is 0.232. The standard InChI is InChI=1S/C15H16FIN2O2/c1-15(2,3)13-11(17)12(14(20)21-4)18-19(13)10-7-5-9(16)6-8-10/h5-8H,1-4H3. The molecule has 0 amide bonds. The predicted molar refractivity (Wildman–Crippen MR) is 86.3 cm³/mol. The van der Waals surface area contributed by atoms with Crippen molar-refractivity contribution < 1.29 is 13.9 Å². The molecule has 1 aromatic heterocycles. The van der Waals surface area contributed by atoms with Crippen LogP contribution in [0.5, 0.6) is 0 Å². The number of methoxy groups -OCH3 is 1. The van der Waals surface area contributed by atoms with E-state index in [9.17, 15) is 9.18 Å². The fourth-order valence-electron chi connectivity index (χ4n) is 2.04. The third-order valence-electron chi connectivity index (χ3n) is 2.99. The number of carbonyl (C=O) groups excluding carboxylic acids is 1. The maximum Gasteiger partial charge on any atom is 0.359 e. The van der Waals surface area contributed by atoms with Crippen molar-refractivity contribution in [2.45, 2.75) is 26.2 Å². The predicted octanol–water partition coefficient (Wildman–Crippen LogP) is 3.70. The molecule has 0 saturated carbocycles. The highest BCUT2D eigenvalue weighted by Crippen LogP contribution is 2.31. The van der Waals surface area contributed by atoms with Gasteiger partial charge in [-0.3, -0.25) is 0 Å². The Labute approximate surface area is 136 Å². The van der Waals surface area contributed by atoms with Crippen LogP contribution in [-0.4, -0.2) is 22.9 Å². The molecule has 4 nitrogen and oxygen atoms in total. The van der Waals surface area contributed by atoms with E-state index in [2.05, 4.69) is 27.7 Å². The average molecular weight is 402 g/mol. The molecule has 0 saturated heterocycles. The van der Waals surface area contributed by atoms with Gasteiger partial charge in [0.05, 0.1) is 22.1 Å². The zero-order valence-corrected chi connectivity index (χ0v) is 14.4. The van der Waals surface area contributed by atoms with Crippen LogP contribution < -0.4 is 0 Å². The smallest absolute Gasteiger partial charge is 0.359 e. The summed E-state index contributed by atoms with van der Waals surface area (Å²) >= 11 is 2.10. The van der Waals surface area contributed by atoms with Crippen LogP contribution in [0.1, 0.15) is 37.0 Å². The molecular formula is C15H16FIN2O2. The summed E-state index contributed by atoms with van der Waals surface area (Å²) < 4.78 is 20.3. The summed E-state index contributed by atoms with van der Waals surface area (Å²) in [7, 11) is 1.33. The molecule has 112 valence electrons. The molecule has 0 atom stereocenters. The van der Waals surface area contributed by atoms with Crippen LogP contribution in [0.25, 0.3) is 5.69 Å². The summed E-state index contributed by atoms with van der Waals surface area (Å²) in [5, 5.41) is 4.36. The molecule has 2 rings (SSSR count). The number of halogens is 2. The van der Waals surface area contributed by atoms with Gasteiger partial charge in [0, 0.05) is 5.41 Å². The molecule has 0 fully saturated rings. The summed E-state index contributed by atoms with van der Waals surface area (Å²) in [6, 6.07) is 6.01. The first kappa shape index (κ1) is 15.9.